The van der Waals surface area contributed by atoms with Crippen LogP contribution in [0.25, 0.3) is 0 Å². The van der Waals surface area contributed by atoms with Crippen LogP contribution in [-0.4, -0.2) is 66.6 Å². The zero-order valence-corrected chi connectivity index (χ0v) is 26.6. The highest BCUT2D eigenvalue weighted by atomic mass is 35.5. The number of halogens is 1. The van der Waals surface area contributed by atoms with Crippen molar-refractivity contribution in [3.63, 3.8) is 0 Å². The number of methoxy groups -OCH3 is 1. The molecule has 3 aromatic carbocycles. The zero-order valence-electron chi connectivity index (χ0n) is 25.9. The van der Waals surface area contributed by atoms with Gasteiger partial charge in [0.15, 0.2) is 0 Å². The third-order valence-corrected chi connectivity index (χ3v) is 7.76. The SMILES string of the molecule is C=CC(=O)Nc1cccc(N(C(=O)NCc2ccccc2)c2cc(Nc3ccc(N4CCN(CC)CC4)cc3OC)nc(Cl)n2)c1. The largest absolute Gasteiger partial charge is 0.494 e. The Bertz CT molecular complexity index is 1680. The van der Waals surface area contributed by atoms with Crippen LogP contribution in [0.3, 0.4) is 0 Å². The number of ether oxygens (including phenoxy) is 1. The lowest BCUT2D eigenvalue weighted by Gasteiger charge is -2.35. The summed E-state index contributed by atoms with van der Waals surface area (Å²) in [4.78, 5) is 40.7. The van der Waals surface area contributed by atoms with E-state index in [1.807, 2.05) is 48.5 Å². The van der Waals surface area contributed by atoms with Crippen molar-refractivity contribution in [2.24, 2.45) is 0 Å². The second-order valence-corrected chi connectivity index (χ2v) is 10.9. The van der Waals surface area contributed by atoms with Crippen LogP contribution in [-0.2, 0) is 11.3 Å². The van der Waals surface area contributed by atoms with E-state index in [0.717, 1.165) is 44.0 Å². The topological polar surface area (TPSA) is 115 Å². The number of carbonyl (C=O) groups is 2. The Hall–Kier alpha value is -5.13. The van der Waals surface area contributed by atoms with E-state index in [0.29, 0.717) is 28.6 Å². The van der Waals surface area contributed by atoms with E-state index in [9.17, 15) is 9.59 Å². The van der Waals surface area contributed by atoms with Crippen molar-refractivity contribution in [1.82, 2.24) is 20.2 Å². The van der Waals surface area contributed by atoms with Gasteiger partial charge >= 0.3 is 6.03 Å². The summed E-state index contributed by atoms with van der Waals surface area (Å²) < 4.78 is 5.74. The van der Waals surface area contributed by atoms with Gasteiger partial charge in [-0.3, -0.25) is 4.79 Å². The molecule has 11 nitrogen and oxygen atoms in total. The van der Waals surface area contributed by atoms with Gasteiger partial charge in [-0.25, -0.2) is 14.7 Å². The molecule has 4 aromatic rings. The lowest BCUT2D eigenvalue weighted by molar-refractivity contribution is -0.111. The second-order valence-electron chi connectivity index (χ2n) is 10.5. The fourth-order valence-electron chi connectivity index (χ4n) is 5.15. The van der Waals surface area contributed by atoms with Crippen LogP contribution in [0, 0.1) is 0 Å². The summed E-state index contributed by atoms with van der Waals surface area (Å²) in [5, 5.41) is 8.90. The van der Waals surface area contributed by atoms with Gasteiger partial charge in [-0.2, -0.15) is 4.98 Å². The molecular weight excluding hydrogens is 604 g/mol. The van der Waals surface area contributed by atoms with E-state index in [1.165, 1.54) is 11.0 Å². The van der Waals surface area contributed by atoms with Crippen molar-refractivity contribution in [3.8, 4) is 5.75 Å². The Morgan fingerprint density at radius 3 is 2.50 bits per heavy atom. The first-order valence-electron chi connectivity index (χ1n) is 15.0. The summed E-state index contributed by atoms with van der Waals surface area (Å²) in [6, 6.07) is 23.5. The predicted octanol–water partition coefficient (Wildman–Crippen LogP) is 6.20. The first kappa shape index (κ1) is 32.3. The number of nitrogens with zero attached hydrogens (tertiary/aromatic N) is 5. The molecule has 1 aliphatic rings. The quantitative estimate of drug-likeness (QED) is 0.131. The number of rotatable bonds is 11. The smallest absolute Gasteiger partial charge is 0.327 e. The van der Waals surface area contributed by atoms with E-state index in [-0.39, 0.29) is 23.6 Å². The van der Waals surface area contributed by atoms with Crippen molar-refractivity contribution in [2.45, 2.75) is 13.5 Å². The Morgan fingerprint density at radius 2 is 1.78 bits per heavy atom. The molecule has 0 atom stereocenters. The monoisotopic (exact) mass is 640 g/mol. The molecule has 1 aromatic heterocycles. The minimum atomic E-state index is -0.457. The molecule has 0 unspecified atom stereocenters. The number of nitrogens with one attached hydrogen (secondary N) is 3. The summed E-state index contributed by atoms with van der Waals surface area (Å²) in [7, 11) is 1.62. The number of urea groups is 1. The summed E-state index contributed by atoms with van der Waals surface area (Å²) >= 11 is 6.44. The number of aromatic nitrogens is 2. The third kappa shape index (κ3) is 8.12. The average molecular weight is 641 g/mol. The Balaban J connectivity index is 1.44. The van der Waals surface area contributed by atoms with Gasteiger partial charge < -0.3 is 30.5 Å². The highest BCUT2D eigenvalue weighted by Crippen LogP contribution is 2.34. The van der Waals surface area contributed by atoms with E-state index in [1.54, 1.807) is 37.4 Å². The van der Waals surface area contributed by atoms with Crippen molar-refractivity contribution < 1.29 is 14.3 Å². The number of amides is 3. The lowest BCUT2D eigenvalue weighted by atomic mass is 10.2. The molecule has 0 spiro atoms. The fraction of sp³-hybridized carbons (Fsp3) is 0.235. The molecule has 2 heterocycles. The highest BCUT2D eigenvalue weighted by molar-refractivity contribution is 6.28. The van der Waals surface area contributed by atoms with Crippen LogP contribution in [0.5, 0.6) is 5.75 Å². The van der Waals surface area contributed by atoms with Gasteiger partial charge in [0.25, 0.3) is 0 Å². The molecule has 1 aliphatic heterocycles. The van der Waals surface area contributed by atoms with Gasteiger partial charge in [0.2, 0.25) is 11.2 Å². The van der Waals surface area contributed by atoms with E-state index in [4.69, 9.17) is 16.3 Å². The predicted molar refractivity (Wildman–Crippen MR) is 184 cm³/mol. The van der Waals surface area contributed by atoms with Crippen LogP contribution in [0.1, 0.15) is 12.5 Å². The normalized spacial score (nSPS) is 13.1. The zero-order chi connectivity index (χ0) is 32.5. The van der Waals surface area contributed by atoms with Crippen molar-refractivity contribution in [3.05, 3.63) is 102 Å². The number of piperazine rings is 1. The summed E-state index contributed by atoms with van der Waals surface area (Å²) in [6.07, 6.45) is 1.17. The number of benzene rings is 3. The third-order valence-electron chi connectivity index (χ3n) is 7.59. The van der Waals surface area contributed by atoms with Crippen molar-refractivity contribution in [1.29, 1.82) is 0 Å². The van der Waals surface area contributed by atoms with Crippen LogP contribution < -0.4 is 30.5 Å². The molecule has 3 amide bonds. The van der Waals surface area contributed by atoms with Gasteiger partial charge in [0.05, 0.1) is 18.5 Å². The first-order chi connectivity index (χ1) is 22.4. The summed E-state index contributed by atoms with van der Waals surface area (Å²) in [5.41, 5.74) is 3.59. The molecule has 1 saturated heterocycles. The van der Waals surface area contributed by atoms with Gasteiger partial charge in [-0.05, 0) is 60.1 Å². The Labute approximate surface area is 273 Å². The van der Waals surface area contributed by atoms with Gasteiger partial charge in [-0.1, -0.05) is 49.9 Å². The molecule has 5 rings (SSSR count). The van der Waals surface area contributed by atoms with Crippen molar-refractivity contribution >= 4 is 57.9 Å². The Kier molecular flexibility index (Phi) is 10.7. The molecule has 0 radical (unpaired) electrons. The average Bonchev–Trinajstić information content (AvgIpc) is 3.08. The maximum Gasteiger partial charge on any atom is 0.327 e. The number of anilines is 6. The molecule has 3 N–H and O–H groups in total. The Morgan fingerprint density at radius 1 is 1.00 bits per heavy atom. The molecule has 0 bridgehead atoms. The van der Waals surface area contributed by atoms with E-state index >= 15 is 0 Å². The second kappa shape index (κ2) is 15.2. The van der Waals surface area contributed by atoms with E-state index < -0.39 is 6.03 Å². The van der Waals surface area contributed by atoms with Crippen LogP contribution in [0.15, 0.2) is 91.5 Å². The molecule has 0 saturated carbocycles. The molecule has 1 fully saturated rings. The minimum Gasteiger partial charge on any atom is -0.494 e. The molecular formula is C34H37ClN8O3. The molecule has 0 aliphatic carbocycles. The maximum absolute atomic E-state index is 13.8. The standard InChI is InChI=1S/C34H37ClN8O3/c1-4-32(44)37-25-12-9-13-27(20-25)43(34(45)36-23-24-10-7-6-8-11-24)31-22-30(39-33(35)40-31)38-28-15-14-26(21-29(28)46-3)42-18-16-41(5-2)17-19-42/h4,6-15,20-22H,1,5,16-19,23H2,2-3H3,(H,36,45)(H,37,44)(H,38,39,40). The van der Waals surface area contributed by atoms with Crippen LogP contribution >= 0.6 is 11.6 Å². The summed E-state index contributed by atoms with van der Waals surface area (Å²) in [5.74, 6) is 0.825. The van der Waals surface area contributed by atoms with Crippen LogP contribution in [0.2, 0.25) is 5.28 Å². The van der Waals surface area contributed by atoms with E-state index in [2.05, 4.69) is 49.2 Å². The highest BCUT2D eigenvalue weighted by Gasteiger charge is 2.23. The van der Waals surface area contributed by atoms with Gasteiger partial charge in [-0.15, -0.1) is 0 Å². The molecule has 238 valence electrons. The van der Waals surface area contributed by atoms with Crippen LogP contribution in [0.4, 0.5) is 39.2 Å². The number of carbonyl (C=O) groups excluding carboxylic acids is 2. The summed E-state index contributed by atoms with van der Waals surface area (Å²) in [6.45, 7) is 10.9. The minimum absolute atomic E-state index is 0.0682. The van der Waals surface area contributed by atoms with Crippen molar-refractivity contribution in [2.75, 3.05) is 60.3 Å². The molecule has 12 heteroatoms. The lowest BCUT2D eigenvalue weighted by Crippen LogP contribution is -2.46. The number of hydrogen-bond donors (Lipinski definition) is 3. The van der Waals surface area contributed by atoms with Gasteiger partial charge in [0, 0.05) is 56.2 Å². The number of likely N-dealkylation sites (N-methyl/N-ethyl adjacent to an activating group) is 1. The first-order valence-corrected chi connectivity index (χ1v) is 15.4. The molecule has 46 heavy (non-hydrogen) atoms. The van der Waals surface area contributed by atoms with Gasteiger partial charge in [0.1, 0.15) is 17.4 Å². The number of hydrogen-bond acceptors (Lipinski definition) is 8. The maximum atomic E-state index is 13.8. The fourth-order valence-corrected chi connectivity index (χ4v) is 5.32.